The van der Waals surface area contributed by atoms with Crippen LogP contribution in [0.1, 0.15) is 38.7 Å². The molecule has 0 aromatic heterocycles. The van der Waals surface area contributed by atoms with Gasteiger partial charge in [-0.2, -0.15) is 0 Å². The number of rotatable bonds is 4. The van der Waals surface area contributed by atoms with Gasteiger partial charge in [0.15, 0.2) is 0 Å². The molecule has 19 heavy (non-hydrogen) atoms. The van der Waals surface area contributed by atoms with Crippen molar-refractivity contribution in [2.45, 2.75) is 44.6 Å². The average molecular weight is 262 g/mol. The number of hydrogen-bond acceptors (Lipinski definition) is 3. The highest BCUT2D eigenvalue weighted by molar-refractivity contribution is 5.82. The molecule has 2 rings (SSSR count). The van der Waals surface area contributed by atoms with Crippen molar-refractivity contribution in [1.82, 2.24) is 0 Å². The zero-order valence-electron chi connectivity index (χ0n) is 11.7. The standard InChI is InChI=1S/C16H22O3/c1-16(2,13-8-4-3-5-9-13)15(17)19-12-14-10-6-7-11-18-14/h3-5,8-9,14H,6-7,10-12H2,1-2H3. The molecule has 1 atom stereocenters. The lowest BCUT2D eigenvalue weighted by Crippen LogP contribution is -2.34. The molecule has 3 heteroatoms. The predicted octanol–water partition coefficient (Wildman–Crippen LogP) is 3.08. The van der Waals surface area contributed by atoms with Crippen LogP contribution in [0, 0.1) is 0 Å². The monoisotopic (exact) mass is 262 g/mol. The van der Waals surface area contributed by atoms with Gasteiger partial charge < -0.3 is 9.47 Å². The summed E-state index contributed by atoms with van der Waals surface area (Å²) >= 11 is 0. The molecule has 1 aliphatic heterocycles. The van der Waals surface area contributed by atoms with Crippen molar-refractivity contribution in [3.63, 3.8) is 0 Å². The topological polar surface area (TPSA) is 35.5 Å². The Labute approximate surface area is 114 Å². The second-order valence-corrected chi connectivity index (χ2v) is 5.58. The van der Waals surface area contributed by atoms with E-state index < -0.39 is 5.41 Å². The van der Waals surface area contributed by atoms with Crippen LogP contribution in [-0.4, -0.2) is 25.3 Å². The molecule has 0 aliphatic carbocycles. The number of benzene rings is 1. The maximum Gasteiger partial charge on any atom is 0.316 e. The van der Waals surface area contributed by atoms with Crippen LogP contribution in [0.5, 0.6) is 0 Å². The largest absolute Gasteiger partial charge is 0.462 e. The number of hydrogen-bond donors (Lipinski definition) is 0. The van der Waals surface area contributed by atoms with E-state index in [1.54, 1.807) is 0 Å². The Hall–Kier alpha value is -1.35. The number of ether oxygens (including phenoxy) is 2. The molecule has 1 aliphatic rings. The van der Waals surface area contributed by atoms with Gasteiger partial charge in [0.25, 0.3) is 0 Å². The third-order valence-electron chi connectivity index (χ3n) is 3.68. The van der Waals surface area contributed by atoms with Crippen molar-refractivity contribution < 1.29 is 14.3 Å². The van der Waals surface area contributed by atoms with Crippen LogP contribution in [0.2, 0.25) is 0 Å². The highest BCUT2D eigenvalue weighted by atomic mass is 16.6. The van der Waals surface area contributed by atoms with Gasteiger partial charge in [-0.15, -0.1) is 0 Å². The van der Waals surface area contributed by atoms with Gasteiger partial charge in [0, 0.05) is 6.61 Å². The molecule has 1 aromatic rings. The lowest BCUT2D eigenvalue weighted by Gasteiger charge is -2.26. The molecule has 0 amide bonds. The molecule has 0 bridgehead atoms. The SMILES string of the molecule is CC(C)(C(=O)OCC1CCCCO1)c1ccccc1. The number of esters is 1. The van der Waals surface area contributed by atoms with E-state index in [1.807, 2.05) is 44.2 Å². The Bertz CT molecular complexity index is 405. The van der Waals surface area contributed by atoms with Gasteiger partial charge >= 0.3 is 5.97 Å². The van der Waals surface area contributed by atoms with Gasteiger partial charge in [-0.3, -0.25) is 4.79 Å². The minimum absolute atomic E-state index is 0.0734. The first-order valence-corrected chi connectivity index (χ1v) is 6.95. The summed E-state index contributed by atoms with van der Waals surface area (Å²) in [4.78, 5) is 12.2. The second-order valence-electron chi connectivity index (χ2n) is 5.58. The molecule has 1 saturated heterocycles. The summed E-state index contributed by atoms with van der Waals surface area (Å²) in [5.41, 5.74) is 0.361. The molecule has 1 heterocycles. The van der Waals surface area contributed by atoms with Crippen molar-refractivity contribution in [2.75, 3.05) is 13.2 Å². The summed E-state index contributed by atoms with van der Waals surface area (Å²) in [6.45, 7) is 4.94. The van der Waals surface area contributed by atoms with Crippen LogP contribution in [-0.2, 0) is 19.7 Å². The van der Waals surface area contributed by atoms with Crippen LogP contribution in [0.25, 0.3) is 0 Å². The lowest BCUT2D eigenvalue weighted by atomic mass is 9.85. The minimum atomic E-state index is -0.615. The normalized spacial score (nSPS) is 20.0. The van der Waals surface area contributed by atoms with Crippen molar-refractivity contribution in [3.05, 3.63) is 35.9 Å². The highest BCUT2D eigenvalue weighted by Crippen LogP contribution is 2.25. The van der Waals surface area contributed by atoms with Gasteiger partial charge in [0.05, 0.1) is 11.5 Å². The van der Waals surface area contributed by atoms with E-state index >= 15 is 0 Å². The molecule has 3 nitrogen and oxygen atoms in total. The minimum Gasteiger partial charge on any atom is -0.462 e. The van der Waals surface area contributed by atoms with Crippen molar-refractivity contribution in [1.29, 1.82) is 0 Å². The molecule has 1 unspecified atom stereocenters. The first-order valence-electron chi connectivity index (χ1n) is 6.95. The first-order chi connectivity index (χ1) is 9.10. The molecule has 1 fully saturated rings. The molecule has 0 saturated carbocycles. The molecule has 0 N–H and O–H groups in total. The third kappa shape index (κ3) is 3.57. The average Bonchev–Trinajstić information content (AvgIpc) is 2.46. The highest BCUT2D eigenvalue weighted by Gasteiger charge is 2.32. The molecule has 0 radical (unpaired) electrons. The maximum absolute atomic E-state index is 12.2. The van der Waals surface area contributed by atoms with Gasteiger partial charge in [0.1, 0.15) is 6.61 Å². The van der Waals surface area contributed by atoms with E-state index in [0.29, 0.717) is 6.61 Å². The Morgan fingerprint density at radius 3 is 2.68 bits per heavy atom. The van der Waals surface area contributed by atoms with Crippen LogP contribution < -0.4 is 0 Å². The van der Waals surface area contributed by atoms with Crippen molar-refractivity contribution in [3.8, 4) is 0 Å². The molecule has 0 spiro atoms. The summed E-state index contributed by atoms with van der Waals surface area (Å²) in [5, 5.41) is 0. The van der Waals surface area contributed by atoms with Crippen LogP contribution >= 0.6 is 0 Å². The van der Waals surface area contributed by atoms with Crippen LogP contribution in [0.3, 0.4) is 0 Å². The van der Waals surface area contributed by atoms with E-state index in [1.165, 1.54) is 0 Å². The molecular formula is C16H22O3. The summed E-state index contributed by atoms with van der Waals surface area (Å²) < 4.78 is 11.0. The fourth-order valence-corrected chi connectivity index (χ4v) is 2.26. The lowest BCUT2D eigenvalue weighted by molar-refractivity contribution is -0.154. The molecule has 1 aromatic carbocycles. The Morgan fingerprint density at radius 2 is 2.05 bits per heavy atom. The Kier molecular flexibility index (Phi) is 4.59. The Morgan fingerprint density at radius 1 is 1.32 bits per heavy atom. The fourth-order valence-electron chi connectivity index (χ4n) is 2.26. The molecular weight excluding hydrogens is 240 g/mol. The third-order valence-corrected chi connectivity index (χ3v) is 3.68. The fraction of sp³-hybridized carbons (Fsp3) is 0.562. The van der Waals surface area contributed by atoms with Gasteiger partial charge in [-0.25, -0.2) is 0 Å². The van der Waals surface area contributed by atoms with E-state index in [0.717, 1.165) is 31.4 Å². The number of carbonyl (C=O) groups is 1. The quantitative estimate of drug-likeness (QED) is 0.782. The summed E-state index contributed by atoms with van der Waals surface area (Å²) in [6, 6.07) is 9.74. The van der Waals surface area contributed by atoms with E-state index in [-0.39, 0.29) is 12.1 Å². The van der Waals surface area contributed by atoms with E-state index in [4.69, 9.17) is 9.47 Å². The number of carbonyl (C=O) groups excluding carboxylic acids is 1. The summed E-state index contributed by atoms with van der Waals surface area (Å²) in [5.74, 6) is -0.187. The van der Waals surface area contributed by atoms with Gasteiger partial charge in [-0.05, 0) is 38.7 Å². The Balaban J connectivity index is 1.91. The smallest absolute Gasteiger partial charge is 0.316 e. The summed E-state index contributed by atoms with van der Waals surface area (Å²) in [7, 11) is 0. The van der Waals surface area contributed by atoms with Crippen molar-refractivity contribution in [2.24, 2.45) is 0 Å². The van der Waals surface area contributed by atoms with Crippen molar-refractivity contribution >= 4 is 5.97 Å². The van der Waals surface area contributed by atoms with E-state index in [9.17, 15) is 4.79 Å². The summed E-state index contributed by atoms with van der Waals surface area (Å²) in [6.07, 6.45) is 3.33. The van der Waals surface area contributed by atoms with Crippen LogP contribution in [0.4, 0.5) is 0 Å². The van der Waals surface area contributed by atoms with Gasteiger partial charge in [0.2, 0.25) is 0 Å². The van der Waals surface area contributed by atoms with Gasteiger partial charge in [-0.1, -0.05) is 30.3 Å². The predicted molar refractivity (Wildman–Crippen MR) is 74.0 cm³/mol. The zero-order valence-corrected chi connectivity index (χ0v) is 11.7. The van der Waals surface area contributed by atoms with Crippen LogP contribution in [0.15, 0.2) is 30.3 Å². The maximum atomic E-state index is 12.2. The molecule has 104 valence electrons. The second kappa shape index (κ2) is 6.20. The zero-order chi connectivity index (χ0) is 13.7. The van der Waals surface area contributed by atoms with E-state index in [2.05, 4.69) is 0 Å². The first kappa shape index (κ1) is 14.1.